The zero-order valence-electron chi connectivity index (χ0n) is 19.7. The lowest BCUT2D eigenvalue weighted by Crippen LogP contribution is -2.44. The lowest BCUT2D eigenvalue weighted by Gasteiger charge is -2.28. The minimum Gasteiger partial charge on any atom is -0.488 e. The second kappa shape index (κ2) is 13.4. The van der Waals surface area contributed by atoms with Gasteiger partial charge < -0.3 is 25.1 Å². The Balaban J connectivity index is 2.00. The summed E-state index contributed by atoms with van der Waals surface area (Å²) in [7, 11) is 3.18. The van der Waals surface area contributed by atoms with Crippen LogP contribution >= 0.6 is 0 Å². The van der Waals surface area contributed by atoms with Crippen molar-refractivity contribution < 1.29 is 29.0 Å². The Hall–Kier alpha value is -2.26. The zero-order chi connectivity index (χ0) is 24.3. The quantitative estimate of drug-likeness (QED) is 0.154. The smallest absolute Gasteiger partial charge is 0.305 e. The molecule has 0 amide bonds. The van der Waals surface area contributed by atoms with E-state index in [0.717, 1.165) is 6.42 Å². The lowest BCUT2D eigenvalue weighted by atomic mass is 9.87. The number of hydrogen-bond donors (Lipinski definition) is 4. The van der Waals surface area contributed by atoms with Crippen LogP contribution in [-0.2, 0) is 9.53 Å². The van der Waals surface area contributed by atoms with Gasteiger partial charge in [-0.05, 0) is 57.7 Å². The number of halogens is 1. The molecule has 1 aromatic rings. The number of esters is 1. The first-order valence-electron chi connectivity index (χ1n) is 11.4. The third kappa shape index (κ3) is 8.23. The summed E-state index contributed by atoms with van der Waals surface area (Å²) >= 11 is 0. The molecule has 1 aliphatic carbocycles. The molecule has 1 aromatic carbocycles. The number of benzene rings is 1. The van der Waals surface area contributed by atoms with Crippen molar-refractivity contribution in [2.45, 2.75) is 56.7 Å². The van der Waals surface area contributed by atoms with Crippen LogP contribution in [0.1, 0.15) is 39.0 Å². The molecular weight excluding hydrogens is 427 g/mol. The molecular formula is C25H37FN2O5. The highest BCUT2D eigenvalue weighted by Gasteiger charge is 2.40. The van der Waals surface area contributed by atoms with Gasteiger partial charge in [-0.3, -0.25) is 4.79 Å². The highest BCUT2D eigenvalue weighted by atomic mass is 19.1. The lowest BCUT2D eigenvalue weighted by molar-refractivity contribution is -0.140. The van der Waals surface area contributed by atoms with Crippen molar-refractivity contribution in [2.24, 2.45) is 11.8 Å². The third-order valence-electron chi connectivity index (χ3n) is 6.29. The molecule has 7 nitrogen and oxygen atoms in total. The Morgan fingerprint density at radius 2 is 2.09 bits per heavy atom. The number of methoxy groups -OCH3 is 1. The summed E-state index contributed by atoms with van der Waals surface area (Å²) in [4.78, 5) is 11.2. The Morgan fingerprint density at radius 1 is 1.33 bits per heavy atom. The van der Waals surface area contributed by atoms with Crippen molar-refractivity contribution in [3.8, 4) is 5.75 Å². The van der Waals surface area contributed by atoms with Gasteiger partial charge in [0.05, 0.1) is 18.8 Å². The molecule has 0 bridgehead atoms. The molecule has 8 heteroatoms. The van der Waals surface area contributed by atoms with Gasteiger partial charge in [-0.15, -0.1) is 0 Å². The van der Waals surface area contributed by atoms with Crippen molar-refractivity contribution >= 4 is 5.97 Å². The van der Waals surface area contributed by atoms with E-state index >= 15 is 0 Å². The van der Waals surface area contributed by atoms with Gasteiger partial charge in [0.25, 0.3) is 0 Å². The second-order valence-electron chi connectivity index (χ2n) is 8.70. The average Bonchev–Trinajstić information content (AvgIpc) is 3.13. The van der Waals surface area contributed by atoms with Gasteiger partial charge >= 0.3 is 5.97 Å². The fourth-order valence-electron chi connectivity index (χ4n) is 4.03. The highest BCUT2D eigenvalue weighted by molar-refractivity contribution is 5.69. The van der Waals surface area contributed by atoms with E-state index in [1.165, 1.54) is 13.2 Å². The molecule has 1 saturated carbocycles. The molecule has 0 saturated heterocycles. The van der Waals surface area contributed by atoms with Gasteiger partial charge in [0.15, 0.2) is 11.6 Å². The first-order chi connectivity index (χ1) is 15.8. The fraction of sp³-hybridized carbons (Fsp3) is 0.560. The normalized spacial score (nSPS) is 24.9. The summed E-state index contributed by atoms with van der Waals surface area (Å²) in [5, 5.41) is 23.4. The van der Waals surface area contributed by atoms with Crippen molar-refractivity contribution in [1.29, 1.82) is 0 Å². The van der Waals surface area contributed by atoms with E-state index in [1.807, 2.05) is 31.2 Å². The molecule has 33 heavy (non-hydrogen) atoms. The van der Waals surface area contributed by atoms with Crippen LogP contribution in [0.2, 0.25) is 0 Å². The minimum atomic E-state index is -0.579. The Morgan fingerprint density at radius 3 is 2.76 bits per heavy atom. The maximum Gasteiger partial charge on any atom is 0.305 e. The van der Waals surface area contributed by atoms with Crippen molar-refractivity contribution in [3.05, 3.63) is 54.4 Å². The van der Waals surface area contributed by atoms with Gasteiger partial charge in [-0.25, -0.2) is 9.87 Å². The second-order valence-corrected chi connectivity index (χ2v) is 8.70. The van der Waals surface area contributed by atoms with Crippen LogP contribution in [0.25, 0.3) is 0 Å². The summed E-state index contributed by atoms with van der Waals surface area (Å²) in [5.41, 5.74) is 1.76. The van der Waals surface area contributed by atoms with Gasteiger partial charge in [0.2, 0.25) is 0 Å². The predicted octanol–water partition coefficient (Wildman–Crippen LogP) is 3.37. The number of carbonyl (C=O) groups is 1. The fourth-order valence-corrected chi connectivity index (χ4v) is 4.03. The van der Waals surface area contributed by atoms with Crippen LogP contribution in [-0.4, -0.2) is 54.7 Å². The number of hydrogen-bond acceptors (Lipinski definition) is 7. The number of carbonyl (C=O) groups excluding carboxylic acids is 1. The summed E-state index contributed by atoms with van der Waals surface area (Å²) in [6, 6.07) is 5.99. The number of aliphatic hydroxyl groups is 1. The molecule has 0 aromatic heterocycles. The van der Waals surface area contributed by atoms with Crippen LogP contribution in [0.15, 0.2) is 48.6 Å². The SMILES string of the molecule is CNC(C)(C=C[C@H]1C(NO)C[C@H](O)[C@@H]1CC=CCCCC(=O)OC)COc1ccccc1F. The van der Waals surface area contributed by atoms with Gasteiger partial charge in [-0.2, -0.15) is 0 Å². The molecule has 0 heterocycles. The number of aliphatic hydroxyl groups excluding tert-OH is 1. The van der Waals surface area contributed by atoms with E-state index in [-0.39, 0.29) is 36.2 Å². The first-order valence-corrected chi connectivity index (χ1v) is 11.4. The first kappa shape index (κ1) is 27.0. The standard InChI is InChI=1S/C25H37FN2O5/c1-25(27-2,17-33-23-12-9-8-11-20(23)26)15-14-18-19(22(29)16-21(18)28-31)10-6-4-5-7-13-24(30)32-3/h4,6,8-9,11-12,14-15,18-19,21-22,27-29,31H,5,7,10,13,16-17H2,1-3H3/t18-,19-,21?,22+,25?/m1/s1. The molecule has 5 atom stereocenters. The predicted molar refractivity (Wildman–Crippen MR) is 124 cm³/mol. The molecule has 2 unspecified atom stereocenters. The van der Waals surface area contributed by atoms with E-state index in [9.17, 15) is 19.5 Å². The third-order valence-corrected chi connectivity index (χ3v) is 6.29. The largest absolute Gasteiger partial charge is 0.488 e. The highest BCUT2D eigenvalue weighted by Crippen LogP contribution is 2.36. The Bertz CT molecular complexity index is 803. The van der Waals surface area contributed by atoms with Gasteiger partial charge in [0.1, 0.15) is 6.61 Å². The van der Waals surface area contributed by atoms with E-state index in [4.69, 9.17) is 4.74 Å². The summed E-state index contributed by atoms with van der Waals surface area (Å²) in [6.07, 6.45) is 10.3. The molecule has 1 fully saturated rings. The summed E-state index contributed by atoms with van der Waals surface area (Å²) in [6.45, 7) is 2.14. The van der Waals surface area contributed by atoms with Crippen LogP contribution in [0, 0.1) is 17.7 Å². The molecule has 1 aliphatic rings. The van der Waals surface area contributed by atoms with E-state index in [2.05, 4.69) is 15.5 Å². The number of rotatable bonds is 13. The number of allylic oxidation sites excluding steroid dienone is 2. The van der Waals surface area contributed by atoms with Crippen LogP contribution < -0.4 is 15.5 Å². The van der Waals surface area contributed by atoms with Crippen molar-refractivity contribution in [3.63, 3.8) is 0 Å². The van der Waals surface area contributed by atoms with Crippen LogP contribution in [0.5, 0.6) is 5.75 Å². The van der Waals surface area contributed by atoms with Crippen molar-refractivity contribution in [2.75, 3.05) is 20.8 Å². The Labute approximate surface area is 195 Å². The topological polar surface area (TPSA) is 100 Å². The van der Waals surface area contributed by atoms with Crippen LogP contribution in [0.3, 0.4) is 0 Å². The van der Waals surface area contributed by atoms with Gasteiger partial charge in [-0.1, -0.05) is 36.4 Å². The summed E-state index contributed by atoms with van der Waals surface area (Å²) in [5.74, 6) is -0.624. The minimum absolute atomic E-state index is 0.0728. The molecule has 0 spiro atoms. The molecule has 2 rings (SSSR count). The number of hydroxylamine groups is 1. The monoisotopic (exact) mass is 464 g/mol. The van der Waals surface area contributed by atoms with E-state index < -0.39 is 17.5 Å². The van der Waals surface area contributed by atoms with Gasteiger partial charge in [0, 0.05) is 18.4 Å². The molecule has 4 N–H and O–H groups in total. The number of likely N-dealkylation sites (N-methyl/N-ethyl adjacent to an activating group) is 1. The molecule has 184 valence electrons. The number of ether oxygens (including phenoxy) is 2. The summed E-state index contributed by atoms with van der Waals surface area (Å²) < 4.78 is 24.2. The number of nitrogens with one attached hydrogen (secondary N) is 2. The maximum atomic E-state index is 13.9. The zero-order valence-corrected chi connectivity index (χ0v) is 19.7. The van der Waals surface area contributed by atoms with E-state index in [1.54, 1.807) is 25.2 Å². The molecule has 0 aliphatic heterocycles. The Kier molecular flexibility index (Phi) is 11.0. The van der Waals surface area contributed by atoms with E-state index in [0.29, 0.717) is 25.7 Å². The average molecular weight is 465 g/mol. The molecule has 0 radical (unpaired) electrons. The maximum absolute atomic E-state index is 13.9. The number of para-hydroxylation sites is 1. The van der Waals surface area contributed by atoms with Crippen LogP contribution in [0.4, 0.5) is 4.39 Å². The van der Waals surface area contributed by atoms with Crippen molar-refractivity contribution in [1.82, 2.24) is 10.8 Å². The number of unbranched alkanes of at least 4 members (excludes halogenated alkanes) is 1.